The summed E-state index contributed by atoms with van der Waals surface area (Å²) in [5, 5.41) is 8.56. The molecule has 1 saturated heterocycles. The van der Waals surface area contributed by atoms with E-state index in [2.05, 4.69) is 35.9 Å². The van der Waals surface area contributed by atoms with Crippen LogP contribution in [0.3, 0.4) is 0 Å². The summed E-state index contributed by atoms with van der Waals surface area (Å²) in [4.78, 5) is 2.54. The highest BCUT2D eigenvalue weighted by Gasteiger charge is 2.33. The topological polar surface area (TPSA) is 64.3 Å². The highest BCUT2D eigenvalue weighted by atomic mass is 32.1. The van der Waals surface area contributed by atoms with Gasteiger partial charge >= 0.3 is 0 Å². The van der Waals surface area contributed by atoms with Crippen LogP contribution in [-0.4, -0.2) is 40.0 Å². The number of anilines is 1. The number of aromatic nitrogens is 2. The van der Waals surface area contributed by atoms with E-state index in [0.717, 1.165) is 35.7 Å². The molecule has 1 unspecified atom stereocenters. The van der Waals surface area contributed by atoms with Gasteiger partial charge < -0.3 is 15.4 Å². The number of nitrogens with two attached hydrogens (primary N) is 1. The number of rotatable bonds is 2. The smallest absolute Gasteiger partial charge is 0.162 e. The molecule has 0 aliphatic carbocycles. The van der Waals surface area contributed by atoms with Crippen molar-refractivity contribution in [2.75, 3.05) is 18.0 Å². The Morgan fingerprint density at radius 2 is 2.05 bits per heavy atom. The lowest BCUT2D eigenvalue weighted by Crippen LogP contribution is -2.52. The molecule has 0 aromatic carbocycles. The molecule has 0 bridgehead atoms. The molecule has 110 valence electrons. The fraction of sp³-hybridized carbons (Fsp3) is 0.643. The molecule has 0 spiro atoms. The lowest BCUT2D eigenvalue weighted by Gasteiger charge is -2.42. The molecule has 1 aromatic heterocycles. The fourth-order valence-corrected chi connectivity index (χ4v) is 2.97. The second-order valence-corrected chi connectivity index (χ2v) is 6.48. The van der Waals surface area contributed by atoms with Crippen molar-refractivity contribution >= 4 is 23.0 Å². The van der Waals surface area contributed by atoms with Gasteiger partial charge in [0, 0.05) is 13.1 Å². The number of hydrogen-bond acceptors (Lipinski definition) is 5. The second-order valence-electron chi connectivity index (χ2n) is 6.04. The molecule has 5 nitrogen and oxygen atoms in total. The van der Waals surface area contributed by atoms with Crippen LogP contribution < -0.4 is 10.6 Å². The lowest BCUT2D eigenvalue weighted by atomic mass is 10.0. The monoisotopic (exact) mass is 294 g/mol. The number of aryl methyl sites for hydroxylation is 1. The van der Waals surface area contributed by atoms with E-state index in [1.807, 2.05) is 13.8 Å². The van der Waals surface area contributed by atoms with Gasteiger partial charge in [0.2, 0.25) is 0 Å². The van der Waals surface area contributed by atoms with Crippen molar-refractivity contribution in [3.8, 4) is 0 Å². The molecule has 2 N–H and O–H groups in total. The fourth-order valence-electron chi connectivity index (χ4n) is 2.73. The molecule has 0 radical (unpaired) electrons. The first-order chi connectivity index (χ1) is 9.21. The van der Waals surface area contributed by atoms with E-state index in [1.165, 1.54) is 0 Å². The largest absolute Gasteiger partial charge is 0.389 e. The van der Waals surface area contributed by atoms with Crippen LogP contribution in [0.2, 0.25) is 0 Å². The average Bonchev–Trinajstić information content (AvgIpc) is 2.29. The van der Waals surface area contributed by atoms with Gasteiger partial charge in [0.25, 0.3) is 0 Å². The Kier molecular flexibility index (Phi) is 3.97. The molecular weight excluding hydrogens is 272 g/mol. The molecular formula is C14H22N4OS. The Morgan fingerprint density at radius 3 is 2.60 bits per heavy atom. The Balaban J connectivity index is 2.47. The number of nitrogens with zero attached hydrogens (tertiary/aromatic N) is 3. The normalized spacial score (nSPS) is 21.9. The molecule has 0 saturated carbocycles. The van der Waals surface area contributed by atoms with E-state index in [4.69, 9.17) is 22.7 Å². The van der Waals surface area contributed by atoms with Crippen molar-refractivity contribution < 1.29 is 4.74 Å². The Hall–Kier alpha value is -1.27. The van der Waals surface area contributed by atoms with Crippen molar-refractivity contribution in [2.45, 2.75) is 46.3 Å². The zero-order valence-electron chi connectivity index (χ0n) is 12.7. The number of ether oxygens (including phenoxy) is 1. The Labute approximate surface area is 125 Å². The quantitative estimate of drug-likeness (QED) is 0.838. The third-order valence-electron chi connectivity index (χ3n) is 3.55. The standard InChI is InChI=1S/C14H22N4OS/c1-8-6-18(7-14(4,5)19-8)13-11(12(15)20)9(2)10(3)16-17-13/h8H,6-7H2,1-5H3,(H2,15,20). The summed E-state index contributed by atoms with van der Waals surface area (Å²) in [5.41, 5.74) is 8.36. The van der Waals surface area contributed by atoms with Crippen LogP contribution in [0.25, 0.3) is 0 Å². The van der Waals surface area contributed by atoms with Crippen LogP contribution in [0, 0.1) is 13.8 Å². The molecule has 2 rings (SSSR count). The Morgan fingerprint density at radius 1 is 1.40 bits per heavy atom. The van der Waals surface area contributed by atoms with E-state index in [1.54, 1.807) is 0 Å². The van der Waals surface area contributed by atoms with E-state index in [0.29, 0.717) is 4.99 Å². The first-order valence-corrected chi connectivity index (χ1v) is 7.18. The number of thiocarbonyl (C=S) groups is 1. The number of hydrogen-bond donors (Lipinski definition) is 1. The van der Waals surface area contributed by atoms with Crippen LogP contribution in [-0.2, 0) is 4.74 Å². The first-order valence-electron chi connectivity index (χ1n) is 6.78. The summed E-state index contributed by atoms with van der Waals surface area (Å²) in [7, 11) is 0. The van der Waals surface area contributed by atoms with Gasteiger partial charge in [0.1, 0.15) is 4.99 Å². The Bertz CT molecular complexity index is 544. The van der Waals surface area contributed by atoms with Crippen LogP contribution in [0.1, 0.15) is 37.6 Å². The van der Waals surface area contributed by atoms with Gasteiger partial charge in [0.05, 0.1) is 23.0 Å². The van der Waals surface area contributed by atoms with Gasteiger partial charge in [-0.05, 0) is 40.2 Å². The SMILES string of the molecule is Cc1nnc(N2CC(C)OC(C)(C)C2)c(C(N)=S)c1C. The maximum Gasteiger partial charge on any atom is 0.162 e. The predicted octanol–water partition coefficient (Wildman–Crippen LogP) is 1.73. The third-order valence-corrected chi connectivity index (χ3v) is 3.76. The van der Waals surface area contributed by atoms with Crippen molar-refractivity contribution in [1.29, 1.82) is 0 Å². The number of morpholine rings is 1. The minimum absolute atomic E-state index is 0.126. The van der Waals surface area contributed by atoms with Gasteiger partial charge in [-0.15, -0.1) is 5.10 Å². The van der Waals surface area contributed by atoms with E-state index in [9.17, 15) is 0 Å². The zero-order chi connectivity index (χ0) is 15.1. The minimum atomic E-state index is -0.231. The molecule has 0 amide bonds. The molecule has 1 aromatic rings. The van der Waals surface area contributed by atoms with Gasteiger partial charge in [-0.3, -0.25) is 0 Å². The average molecular weight is 294 g/mol. The molecule has 6 heteroatoms. The summed E-state index contributed by atoms with van der Waals surface area (Å²) < 4.78 is 5.93. The van der Waals surface area contributed by atoms with Crippen molar-refractivity contribution in [3.05, 3.63) is 16.8 Å². The molecule has 20 heavy (non-hydrogen) atoms. The summed E-state index contributed by atoms with van der Waals surface area (Å²) in [6, 6.07) is 0. The van der Waals surface area contributed by atoms with Crippen LogP contribution >= 0.6 is 12.2 Å². The molecule has 1 fully saturated rings. The zero-order valence-corrected chi connectivity index (χ0v) is 13.5. The highest BCUT2D eigenvalue weighted by Crippen LogP contribution is 2.28. The van der Waals surface area contributed by atoms with E-state index >= 15 is 0 Å². The van der Waals surface area contributed by atoms with Crippen LogP contribution in [0.4, 0.5) is 5.82 Å². The van der Waals surface area contributed by atoms with Gasteiger partial charge in [-0.25, -0.2) is 0 Å². The van der Waals surface area contributed by atoms with Crippen molar-refractivity contribution in [2.24, 2.45) is 5.73 Å². The maximum absolute atomic E-state index is 5.93. The highest BCUT2D eigenvalue weighted by molar-refractivity contribution is 7.80. The predicted molar refractivity (Wildman–Crippen MR) is 84.2 cm³/mol. The third kappa shape index (κ3) is 2.91. The van der Waals surface area contributed by atoms with E-state index in [-0.39, 0.29) is 11.7 Å². The second kappa shape index (κ2) is 5.26. The summed E-state index contributed by atoms with van der Waals surface area (Å²) in [5.74, 6) is 0.767. The van der Waals surface area contributed by atoms with Crippen LogP contribution in [0.15, 0.2) is 0 Å². The lowest BCUT2D eigenvalue weighted by molar-refractivity contribution is -0.0752. The maximum atomic E-state index is 5.93. The molecule has 1 aliphatic rings. The van der Waals surface area contributed by atoms with Crippen molar-refractivity contribution in [3.63, 3.8) is 0 Å². The molecule has 1 aliphatic heterocycles. The van der Waals surface area contributed by atoms with Gasteiger partial charge in [0.15, 0.2) is 5.82 Å². The molecule has 2 heterocycles. The summed E-state index contributed by atoms with van der Waals surface area (Å²) >= 11 is 5.20. The first kappa shape index (κ1) is 15.1. The van der Waals surface area contributed by atoms with Crippen molar-refractivity contribution in [1.82, 2.24) is 10.2 Å². The summed E-state index contributed by atoms with van der Waals surface area (Å²) in [6.07, 6.45) is 0.126. The van der Waals surface area contributed by atoms with Gasteiger partial charge in [-0.1, -0.05) is 12.2 Å². The van der Waals surface area contributed by atoms with Gasteiger partial charge in [-0.2, -0.15) is 5.10 Å². The van der Waals surface area contributed by atoms with Crippen LogP contribution in [0.5, 0.6) is 0 Å². The summed E-state index contributed by atoms with van der Waals surface area (Å²) in [6.45, 7) is 11.6. The molecule has 1 atom stereocenters. The van der Waals surface area contributed by atoms with E-state index < -0.39 is 0 Å². The minimum Gasteiger partial charge on any atom is -0.389 e.